The number of carboxylic acid groups (broad SMARTS) is 1. The van der Waals surface area contributed by atoms with E-state index in [9.17, 15) is 19.1 Å². The van der Waals surface area contributed by atoms with Crippen LogP contribution in [0.4, 0.5) is 9.18 Å². The van der Waals surface area contributed by atoms with Gasteiger partial charge in [-0.05, 0) is 46.9 Å². The summed E-state index contributed by atoms with van der Waals surface area (Å²) in [5, 5.41) is 9.45. The van der Waals surface area contributed by atoms with E-state index < -0.39 is 23.9 Å². The van der Waals surface area contributed by atoms with Crippen molar-refractivity contribution in [3.63, 3.8) is 0 Å². The molecule has 0 heterocycles. The van der Waals surface area contributed by atoms with Crippen molar-refractivity contribution >= 4 is 12.1 Å². The Morgan fingerprint density at radius 2 is 1.52 bits per heavy atom. The molecule has 0 aliphatic heterocycles. The largest absolute Gasteiger partial charge is 0.480 e. The molecule has 4 rings (SSSR count). The van der Waals surface area contributed by atoms with Crippen LogP contribution in [0.3, 0.4) is 0 Å². The number of hydrogen-bond acceptors (Lipinski definition) is 3. The van der Waals surface area contributed by atoms with E-state index in [4.69, 9.17) is 4.74 Å². The Morgan fingerprint density at radius 1 is 0.968 bits per heavy atom. The van der Waals surface area contributed by atoms with E-state index >= 15 is 0 Å². The predicted octanol–water partition coefficient (Wildman–Crippen LogP) is 5.05. The van der Waals surface area contributed by atoms with E-state index in [-0.39, 0.29) is 19.1 Å². The monoisotopic (exact) mass is 419 g/mol. The summed E-state index contributed by atoms with van der Waals surface area (Å²) < 4.78 is 18.8. The lowest BCUT2D eigenvalue weighted by Crippen LogP contribution is -2.43. The Morgan fingerprint density at radius 3 is 2.06 bits per heavy atom. The molecule has 0 radical (unpaired) electrons. The quantitative estimate of drug-likeness (QED) is 0.607. The molecule has 1 N–H and O–H groups in total. The van der Waals surface area contributed by atoms with Gasteiger partial charge < -0.3 is 9.84 Å². The Bertz CT molecular complexity index is 1070. The minimum Gasteiger partial charge on any atom is -0.480 e. The van der Waals surface area contributed by atoms with Gasteiger partial charge in [-0.2, -0.15) is 0 Å². The van der Waals surface area contributed by atoms with Crippen LogP contribution in [-0.2, 0) is 16.1 Å². The fourth-order valence-electron chi connectivity index (χ4n) is 3.96. The van der Waals surface area contributed by atoms with Crippen LogP contribution in [0.1, 0.15) is 29.5 Å². The van der Waals surface area contributed by atoms with E-state index in [0.717, 1.165) is 27.2 Å². The summed E-state index contributed by atoms with van der Waals surface area (Å²) in [7, 11) is 0. The second kappa shape index (κ2) is 8.60. The molecular formula is C25H22FNO4. The molecule has 1 aliphatic rings. The fraction of sp³-hybridized carbons (Fsp3) is 0.200. The molecular weight excluding hydrogens is 397 g/mol. The lowest BCUT2D eigenvalue weighted by atomic mass is 9.98. The number of halogens is 1. The summed E-state index contributed by atoms with van der Waals surface area (Å²) in [5.74, 6) is -1.66. The van der Waals surface area contributed by atoms with Crippen LogP contribution in [0.5, 0.6) is 0 Å². The molecule has 0 saturated heterocycles. The standard InChI is InChI=1S/C25H22FNO4/c1-16(24(28)29)27(14-17-10-12-18(26)13-11-17)25(30)31-15-23-21-8-4-2-6-19(21)20-7-3-5-9-22(20)23/h2-13,16,23H,14-15H2,1H3,(H,28,29). The number of benzene rings is 3. The van der Waals surface area contributed by atoms with Crippen molar-refractivity contribution in [3.05, 3.63) is 95.3 Å². The van der Waals surface area contributed by atoms with Crippen LogP contribution in [-0.4, -0.2) is 34.7 Å². The molecule has 1 aliphatic carbocycles. The number of hydrogen-bond donors (Lipinski definition) is 1. The van der Waals surface area contributed by atoms with E-state index in [0.29, 0.717) is 5.56 Å². The number of carbonyl (C=O) groups excluding carboxylic acids is 1. The minimum absolute atomic E-state index is 0.00439. The number of carbonyl (C=O) groups is 2. The summed E-state index contributed by atoms with van der Waals surface area (Å²) in [4.78, 5) is 25.6. The van der Waals surface area contributed by atoms with E-state index in [2.05, 4.69) is 0 Å². The second-order valence-electron chi connectivity index (χ2n) is 7.57. The number of ether oxygens (including phenoxy) is 1. The Labute approximate surface area is 179 Å². The second-order valence-corrected chi connectivity index (χ2v) is 7.57. The summed E-state index contributed by atoms with van der Waals surface area (Å²) in [6.07, 6.45) is -0.721. The summed E-state index contributed by atoms with van der Waals surface area (Å²) in [6, 6.07) is 20.5. The zero-order valence-corrected chi connectivity index (χ0v) is 17.0. The first kappa shape index (κ1) is 20.6. The van der Waals surface area contributed by atoms with Gasteiger partial charge in [-0.3, -0.25) is 4.90 Å². The zero-order valence-electron chi connectivity index (χ0n) is 17.0. The number of nitrogens with zero attached hydrogens (tertiary/aromatic N) is 1. The van der Waals surface area contributed by atoms with E-state index in [1.54, 1.807) is 0 Å². The number of rotatable bonds is 6. The van der Waals surface area contributed by atoms with Gasteiger partial charge in [0.25, 0.3) is 0 Å². The number of aliphatic carboxylic acids is 1. The van der Waals surface area contributed by atoms with Crippen molar-refractivity contribution in [1.29, 1.82) is 0 Å². The maximum Gasteiger partial charge on any atom is 0.410 e. The smallest absolute Gasteiger partial charge is 0.410 e. The van der Waals surface area contributed by atoms with Crippen molar-refractivity contribution in [2.75, 3.05) is 6.61 Å². The highest BCUT2D eigenvalue weighted by molar-refractivity contribution is 5.81. The third kappa shape index (κ3) is 4.14. The molecule has 1 unspecified atom stereocenters. The first-order valence-corrected chi connectivity index (χ1v) is 10.0. The van der Waals surface area contributed by atoms with Gasteiger partial charge in [0.2, 0.25) is 0 Å². The first-order chi connectivity index (χ1) is 15.0. The van der Waals surface area contributed by atoms with Gasteiger partial charge in [-0.15, -0.1) is 0 Å². The van der Waals surface area contributed by atoms with Crippen molar-refractivity contribution in [3.8, 4) is 11.1 Å². The molecule has 6 heteroatoms. The Kier molecular flexibility index (Phi) is 5.71. The lowest BCUT2D eigenvalue weighted by Gasteiger charge is -2.26. The normalized spacial score (nSPS) is 13.2. The molecule has 0 aromatic heterocycles. The van der Waals surface area contributed by atoms with Gasteiger partial charge >= 0.3 is 12.1 Å². The van der Waals surface area contributed by atoms with Crippen LogP contribution in [0.25, 0.3) is 11.1 Å². The SMILES string of the molecule is CC(C(=O)O)N(Cc1ccc(F)cc1)C(=O)OCC1c2ccccc2-c2ccccc21. The van der Waals surface area contributed by atoms with Crippen LogP contribution >= 0.6 is 0 Å². The van der Waals surface area contributed by atoms with Gasteiger partial charge in [0.1, 0.15) is 18.5 Å². The number of fused-ring (bicyclic) bond motifs is 3. The Balaban J connectivity index is 1.54. The third-order valence-corrected chi connectivity index (χ3v) is 5.66. The summed E-state index contributed by atoms with van der Waals surface area (Å²) in [5.41, 5.74) is 4.99. The van der Waals surface area contributed by atoms with Gasteiger partial charge in [0.15, 0.2) is 0 Å². The molecule has 0 spiro atoms. The van der Waals surface area contributed by atoms with Crippen molar-refractivity contribution in [1.82, 2.24) is 4.90 Å². The van der Waals surface area contributed by atoms with Gasteiger partial charge in [0, 0.05) is 12.5 Å². The summed E-state index contributed by atoms with van der Waals surface area (Å²) in [6.45, 7) is 1.52. The highest BCUT2D eigenvalue weighted by Gasteiger charge is 2.31. The van der Waals surface area contributed by atoms with Crippen molar-refractivity contribution in [2.45, 2.75) is 25.4 Å². The summed E-state index contributed by atoms with van der Waals surface area (Å²) >= 11 is 0. The van der Waals surface area contributed by atoms with Gasteiger partial charge in [-0.25, -0.2) is 14.0 Å². The van der Waals surface area contributed by atoms with Crippen LogP contribution in [0, 0.1) is 5.82 Å². The Hall–Kier alpha value is -3.67. The maximum absolute atomic E-state index is 13.2. The molecule has 158 valence electrons. The average Bonchev–Trinajstić information content (AvgIpc) is 3.10. The third-order valence-electron chi connectivity index (χ3n) is 5.66. The molecule has 31 heavy (non-hydrogen) atoms. The van der Waals surface area contributed by atoms with E-state index in [1.165, 1.54) is 31.2 Å². The molecule has 0 fully saturated rings. The molecule has 5 nitrogen and oxygen atoms in total. The minimum atomic E-state index is -1.14. The lowest BCUT2D eigenvalue weighted by molar-refractivity contribution is -0.142. The average molecular weight is 419 g/mol. The number of amides is 1. The molecule has 0 bridgehead atoms. The number of carboxylic acids is 1. The molecule has 3 aromatic carbocycles. The van der Waals surface area contributed by atoms with Crippen LogP contribution in [0.2, 0.25) is 0 Å². The topological polar surface area (TPSA) is 66.8 Å². The highest BCUT2D eigenvalue weighted by Crippen LogP contribution is 2.44. The highest BCUT2D eigenvalue weighted by atomic mass is 19.1. The van der Waals surface area contributed by atoms with Gasteiger partial charge in [0.05, 0.1) is 0 Å². The molecule has 1 atom stereocenters. The van der Waals surface area contributed by atoms with E-state index in [1.807, 2.05) is 48.5 Å². The van der Waals surface area contributed by atoms with Crippen molar-refractivity contribution in [2.24, 2.45) is 0 Å². The zero-order chi connectivity index (χ0) is 22.0. The predicted molar refractivity (Wildman–Crippen MR) is 114 cm³/mol. The maximum atomic E-state index is 13.2. The molecule has 1 amide bonds. The van der Waals surface area contributed by atoms with Gasteiger partial charge in [-0.1, -0.05) is 60.7 Å². The molecule has 3 aromatic rings. The van der Waals surface area contributed by atoms with Crippen LogP contribution in [0.15, 0.2) is 72.8 Å². The van der Waals surface area contributed by atoms with Crippen molar-refractivity contribution < 1.29 is 23.8 Å². The fourth-order valence-corrected chi connectivity index (χ4v) is 3.96. The van der Waals surface area contributed by atoms with Crippen LogP contribution < -0.4 is 0 Å². The molecule has 0 saturated carbocycles. The first-order valence-electron chi connectivity index (χ1n) is 10.0.